The molecule has 1 aromatic rings. The first-order chi connectivity index (χ1) is 8.63. The number of rotatable bonds is 7. The van der Waals surface area contributed by atoms with Crippen LogP contribution < -0.4 is 0 Å². The third kappa shape index (κ3) is 5.35. The third-order valence-corrected chi connectivity index (χ3v) is 3.37. The molecular formula is C13H16O4S. The topological polar surface area (TPSA) is 77.8 Å². The Balaban J connectivity index is 2.62. The van der Waals surface area contributed by atoms with E-state index in [1.165, 1.54) is 11.8 Å². The predicted molar refractivity (Wildman–Crippen MR) is 72.4 cm³/mol. The second kappa shape index (κ2) is 7.92. The van der Waals surface area contributed by atoms with E-state index in [2.05, 4.69) is 0 Å². The highest BCUT2D eigenvalue weighted by atomic mass is 32.2. The molecule has 0 spiro atoms. The van der Waals surface area contributed by atoms with E-state index in [9.17, 15) is 9.90 Å². The summed E-state index contributed by atoms with van der Waals surface area (Å²) in [7, 11) is 0. The maximum absolute atomic E-state index is 10.5. The summed E-state index contributed by atoms with van der Waals surface area (Å²) in [4.78, 5) is 10.5. The first kappa shape index (κ1) is 14.8. The number of aliphatic hydroxyl groups is 2. The minimum atomic E-state index is -0.979. The van der Waals surface area contributed by atoms with Crippen LogP contribution in [0, 0.1) is 0 Å². The molecule has 0 radical (unpaired) electrons. The number of hydrogen-bond acceptors (Lipinski definition) is 4. The molecule has 0 saturated carbocycles. The van der Waals surface area contributed by atoms with Gasteiger partial charge in [0.15, 0.2) is 0 Å². The quantitative estimate of drug-likeness (QED) is 0.651. The summed E-state index contributed by atoms with van der Waals surface area (Å²) in [6.45, 7) is -0.242. The van der Waals surface area contributed by atoms with E-state index in [0.717, 1.165) is 17.2 Å². The average molecular weight is 268 g/mol. The van der Waals surface area contributed by atoms with Gasteiger partial charge in [0, 0.05) is 17.6 Å². The van der Waals surface area contributed by atoms with Crippen molar-refractivity contribution < 1.29 is 20.1 Å². The molecule has 0 fully saturated rings. The summed E-state index contributed by atoms with van der Waals surface area (Å²) in [5, 5.41) is 26.5. The van der Waals surface area contributed by atoms with Gasteiger partial charge in [-0.3, -0.25) is 0 Å². The van der Waals surface area contributed by atoms with Crippen LogP contribution in [0.4, 0.5) is 0 Å². The van der Waals surface area contributed by atoms with Gasteiger partial charge in [0.2, 0.25) is 0 Å². The van der Waals surface area contributed by atoms with Crippen LogP contribution in [0.1, 0.15) is 11.1 Å². The number of carbonyl (C=O) groups is 1. The maximum atomic E-state index is 10.5. The van der Waals surface area contributed by atoms with Crippen LogP contribution >= 0.6 is 11.8 Å². The lowest BCUT2D eigenvalue weighted by Crippen LogP contribution is -2.14. The summed E-state index contributed by atoms with van der Waals surface area (Å²) in [6.07, 6.45) is 1.95. The van der Waals surface area contributed by atoms with E-state index in [0.29, 0.717) is 11.5 Å². The van der Waals surface area contributed by atoms with Crippen molar-refractivity contribution in [3.05, 3.63) is 41.5 Å². The lowest BCUT2D eigenvalue weighted by molar-refractivity contribution is -0.131. The minimum absolute atomic E-state index is 0.242. The van der Waals surface area contributed by atoms with Crippen molar-refractivity contribution in [2.75, 3.05) is 12.4 Å². The summed E-state index contributed by atoms with van der Waals surface area (Å²) < 4.78 is 0. The smallest absolute Gasteiger partial charge is 0.328 e. The SMILES string of the molecule is O=C(O)/C=C/c1ccccc1CSCC(O)CO. The molecule has 3 N–H and O–H groups in total. The highest BCUT2D eigenvalue weighted by Crippen LogP contribution is 2.18. The second-order valence-electron chi connectivity index (χ2n) is 3.72. The molecule has 0 heterocycles. The number of aliphatic hydroxyl groups excluding tert-OH is 2. The maximum Gasteiger partial charge on any atom is 0.328 e. The molecule has 0 bridgehead atoms. The number of benzene rings is 1. The number of hydrogen-bond donors (Lipinski definition) is 3. The van der Waals surface area contributed by atoms with E-state index in [4.69, 9.17) is 10.2 Å². The zero-order chi connectivity index (χ0) is 13.4. The standard InChI is InChI=1S/C13H16O4S/c14-7-12(15)9-18-8-11-4-2-1-3-10(11)5-6-13(16)17/h1-6,12,14-15H,7-9H2,(H,16,17)/b6-5+. The van der Waals surface area contributed by atoms with Crippen LogP contribution in [0.25, 0.3) is 6.08 Å². The van der Waals surface area contributed by atoms with Crippen LogP contribution in [0.2, 0.25) is 0 Å². The lowest BCUT2D eigenvalue weighted by Gasteiger charge is -2.08. The molecule has 18 heavy (non-hydrogen) atoms. The fourth-order valence-corrected chi connectivity index (χ4v) is 2.33. The van der Waals surface area contributed by atoms with Gasteiger partial charge in [0.1, 0.15) is 0 Å². The van der Waals surface area contributed by atoms with Crippen molar-refractivity contribution in [1.29, 1.82) is 0 Å². The molecule has 0 amide bonds. The molecule has 1 aromatic carbocycles. The Labute approximate surface area is 110 Å². The van der Waals surface area contributed by atoms with Gasteiger partial charge in [-0.05, 0) is 17.2 Å². The summed E-state index contributed by atoms with van der Waals surface area (Å²) in [5.74, 6) is 0.137. The second-order valence-corrected chi connectivity index (χ2v) is 4.75. The number of carboxylic acid groups (broad SMARTS) is 1. The zero-order valence-electron chi connectivity index (χ0n) is 9.82. The van der Waals surface area contributed by atoms with E-state index in [1.807, 2.05) is 24.3 Å². The summed E-state index contributed by atoms with van der Waals surface area (Å²) in [5.41, 5.74) is 1.86. The van der Waals surface area contributed by atoms with Crippen molar-refractivity contribution in [3.63, 3.8) is 0 Å². The molecule has 0 aliphatic heterocycles. The molecule has 5 heteroatoms. The molecule has 1 atom stereocenters. The predicted octanol–water partition coefficient (Wildman–Crippen LogP) is 1.37. The Hall–Kier alpha value is -1.30. The zero-order valence-corrected chi connectivity index (χ0v) is 10.6. The highest BCUT2D eigenvalue weighted by molar-refractivity contribution is 7.98. The van der Waals surface area contributed by atoms with Crippen LogP contribution in [-0.2, 0) is 10.5 Å². The number of carboxylic acids is 1. The fraction of sp³-hybridized carbons (Fsp3) is 0.308. The normalized spacial score (nSPS) is 12.8. The largest absolute Gasteiger partial charge is 0.478 e. The van der Waals surface area contributed by atoms with Crippen LogP contribution in [-0.4, -0.2) is 39.8 Å². The Morgan fingerprint density at radius 1 is 1.39 bits per heavy atom. The van der Waals surface area contributed by atoms with Gasteiger partial charge in [-0.1, -0.05) is 24.3 Å². The monoisotopic (exact) mass is 268 g/mol. The molecular weight excluding hydrogens is 252 g/mol. The van der Waals surface area contributed by atoms with Gasteiger partial charge in [-0.25, -0.2) is 4.79 Å². The van der Waals surface area contributed by atoms with Gasteiger partial charge < -0.3 is 15.3 Å². The summed E-state index contributed by atoms with van der Waals surface area (Å²) >= 11 is 1.50. The molecule has 0 aliphatic rings. The lowest BCUT2D eigenvalue weighted by atomic mass is 10.1. The van der Waals surface area contributed by atoms with Gasteiger partial charge >= 0.3 is 5.97 Å². The van der Waals surface area contributed by atoms with Crippen molar-refractivity contribution in [2.45, 2.75) is 11.9 Å². The van der Waals surface area contributed by atoms with Crippen LogP contribution in [0.5, 0.6) is 0 Å². The fourth-order valence-electron chi connectivity index (χ4n) is 1.35. The Kier molecular flexibility index (Phi) is 6.49. The van der Waals surface area contributed by atoms with Crippen molar-refractivity contribution in [1.82, 2.24) is 0 Å². The molecule has 4 nitrogen and oxygen atoms in total. The van der Waals surface area contributed by atoms with E-state index >= 15 is 0 Å². The summed E-state index contributed by atoms with van der Waals surface area (Å²) in [6, 6.07) is 7.49. The number of aliphatic carboxylic acids is 1. The molecule has 1 rings (SSSR count). The van der Waals surface area contributed by atoms with Gasteiger partial charge in [-0.2, -0.15) is 11.8 Å². The Morgan fingerprint density at radius 2 is 2.11 bits per heavy atom. The Morgan fingerprint density at radius 3 is 2.78 bits per heavy atom. The highest BCUT2D eigenvalue weighted by Gasteiger charge is 2.04. The van der Waals surface area contributed by atoms with Gasteiger partial charge in [0.05, 0.1) is 12.7 Å². The van der Waals surface area contributed by atoms with Crippen molar-refractivity contribution >= 4 is 23.8 Å². The van der Waals surface area contributed by atoms with E-state index < -0.39 is 12.1 Å². The molecule has 1 unspecified atom stereocenters. The van der Waals surface area contributed by atoms with Crippen molar-refractivity contribution in [2.24, 2.45) is 0 Å². The molecule has 0 aromatic heterocycles. The van der Waals surface area contributed by atoms with E-state index in [-0.39, 0.29) is 6.61 Å². The first-order valence-electron chi connectivity index (χ1n) is 5.49. The van der Waals surface area contributed by atoms with Crippen LogP contribution in [0.3, 0.4) is 0 Å². The molecule has 0 aliphatic carbocycles. The van der Waals surface area contributed by atoms with Gasteiger partial charge in [0.25, 0.3) is 0 Å². The third-order valence-electron chi connectivity index (χ3n) is 2.24. The molecule has 98 valence electrons. The van der Waals surface area contributed by atoms with E-state index in [1.54, 1.807) is 6.08 Å². The first-order valence-corrected chi connectivity index (χ1v) is 6.64. The van der Waals surface area contributed by atoms with Crippen molar-refractivity contribution in [3.8, 4) is 0 Å². The Bertz CT molecular complexity index is 417. The minimum Gasteiger partial charge on any atom is -0.478 e. The molecule has 0 saturated heterocycles. The number of thioether (sulfide) groups is 1. The van der Waals surface area contributed by atoms with Gasteiger partial charge in [-0.15, -0.1) is 0 Å². The van der Waals surface area contributed by atoms with Crippen LogP contribution in [0.15, 0.2) is 30.3 Å². The average Bonchev–Trinajstić information content (AvgIpc) is 2.37.